The molecule has 64 valence electrons. The minimum atomic E-state index is -3.33. The van der Waals surface area contributed by atoms with Crippen molar-refractivity contribution >= 4 is 16.4 Å². The van der Waals surface area contributed by atoms with Gasteiger partial charge in [0.25, 0.3) is 0 Å². The fourth-order valence-corrected chi connectivity index (χ4v) is 2.64. The van der Waals surface area contributed by atoms with Crippen molar-refractivity contribution in [2.75, 3.05) is 0 Å². The third kappa shape index (κ3) is 1.92. The molecule has 1 rings (SSSR count). The van der Waals surface area contributed by atoms with Crippen molar-refractivity contribution in [3.8, 4) is 0 Å². The predicted molar refractivity (Wildman–Crippen MR) is 40.4 cm³/mol. The zero-order valence-electron chi connectivity index (χ0n) is 6.12. The normalized spacial score (nSPS) is 20.0. The Labute approximate surface area is 66.0 Å². The molecule has 0 bridgehead atoms. The molecule has 4 nitrogen and oxygen atoms in total. The highest BCUT2D eigenvalue weighted by Gasteiger charge is 2.27. The minimum absolute atomic E-state index is 0.230. The molecule has 5 heteroatoms. The molecule has 0 spiro atoms. The number of hydrogen-bond acceptors (Lipinski definition) is 3. The summed E-state index contributed by atoms with van der Waals surface area (Å²) < 4.78 is 24.0. The number of carbonyl (C=O) groups is 1. The van der Waals surface area contributed by atoms with Gasteiger partial charge in [0.05, 0.1) is 5.25 Å². The van der Waals surface area contributed by atoms with Crippen LogP contribution in [0.5, 0.6) is 0 Å². The van der Waals surface area contributed by atoms with Gasteiger partial charge in [-0.2, -0.15) is 0 Å². The van der Waals surface area contributed by atoms with Gasteiger partial charge >= 0.3 is 0 Å². The molecule has 1 amide bonds. The van der Waals surface area contributed by atoms with Crippen LogP contribution in [0.2, 0.25) is 0 Å². The van der Waals surface area contributed by atoms with Crippen LogP contribution in [0.1, 0.15) is 25.7 Å². The van der Waals surface area contributed by atoms with Crippen LogP contribution in [-0.2, 0) is 14.8 Å². The Morgan fingerprint density at radius 3 is 2.27 bits per heavy atom. The van der Waals surface area contributed by atoms with E-state index in [1.165, 1.54) is 0 Å². The summed E-state index contributed by atoms with van der Waals surface area (Å²) in [6.45, 7) is 0. The number of sulfonamides is 1. The summed E-state index contributed by atoms with van der Waals surface area (Å²) in [4.78, 5) is 9.89. The summed E-state index contributed by atoms with van der Waals surface area (Å²) in [7, 11) is -3.33. The highest BCUT2D eigenvalue weighted by atomic mass is 32.2. The smallest absolute Gasteiger partial charge is 0.237 e. The van der Waals surface area contributed by atoms with Gasteiger partial charge in [-0.05, 0) is 12.8 Å². The first-order chi connectivity index (χ1) is 5.17. The Bertz CT molecular complexity index is 228. The van der Waals surface area contributed by atoms with Crippen LogP contribution in [0, 0.1) is 0 Å². The highest BCUT2D eigenvalue weighted by Crippen LogP contribution is 2.23. The van der Waals surface area contributed by atoms with Crippen LogP contribution >= 0.6 is 0 Å². The van der Waals surface area contributed by atoms with E-state index in [4.69, 9.17) is 0 Å². The van der Waals surface area contributed by atoms with Crippen molar-refractivity contribution in [1.29, 1.82) is 0 Å². The second-order valence-corrected chi connectivity index (χ2v) is 4.68. The van der Waals surface area contributed by atoms with Gasteiger partial charge in [-0.15, -0.1) is 0 Å². The zero-order valence-corrected chi connectivity index (χ0v) is 6.93. The van der Waals surface area contributed by atoms with Gasteiger partial charge in [0.15, 0.2) is 0 Å². The van der Waals surface area contributed by atoms with Gasteiger partial charge in [-0.3, -0.25) is 9.52 Å². The van der Waals surface area contributed by atoms with Crippen LogP contribution in [0.4, 0.5) is 0 Å². The molecular formula is C6H11NO3S. The highest BCUT2D eigenvalue weighted by molar-refractivity contribution is 7.90. The zero-order chi connectivity index (χ0) is 8.32. The van der Waals surface area contributed by atoms with E-state index in [0.717, 1.165) is 12.8 Å². The maximum atomic E-state index is 11.1. The van der Waals surface area contributed by atoms with E-state index < -0.39 is 10.0 Å². The fourth-order valence-electron chi connectivity index (χ4n) is 1.36. The summed E-state index contributed by atoms with van der Waals surface area (Å²) in [5, 5.41) is -0.340. The van der Waals surface area contributed by atoms with E-state index in [1.54, 1.807) is 0 Å². The SMILES string of the molecule is O=CNS(=O)(=O)C1CCCC1. The molecule has 11 heavy (non-hydrogen) atoms. The van der Waals surface area contributed by atoms with Crippen LogP contribution in [0.15, 0.2) is 0 Å². The van der Waals surface area contributed by atoms with Gasteiger partial charge in [-0.1, -0.05) is 12.8 Å². The Hall–Kier alpha value is -0.580. The monoisotopic (exact) mass is 177 g/mol. The summed E-state index contributed by atoms with van der Waals surface area (Å²) in [6.07, 6.45) is 3.49. The Morgan fingerprint density at radius 2 is 1.82 bits per heavy atom. The lowest BCUT2D eigenvalue weighted by atomic mass is 10.4. The molecule has 0 atom stereocenters. The first-order valence-electron chi connectivity index (χ1n) is 3.61. The molecule has 1 aliphatic rings. The number of rotatable bonds is 3. The molecule has 0 aromatic rings. The lowest BCUT2D eigenvalue weighted by Crippen LogP contribution is -2.31. The van der Waals surface area contributed by atoms with Crippen LogP contribution in [0.25, 0.3) is 0 Å². The van der Waals surface area contributed by atoms with Crippen molar-refractivity contribution in [3.05, 3.63) is 0 Å². The topological polar surface area (TPSA) is 63.2 Å². The first-order valence-corrected chi connectivity index (χ1v) is 5.16. The van der Waals surface area contributed by atoms with E-state index >= 15 is 0 Å². The number of hydrogen-bond donors (Lipinski definition) is 1. The molecule has 0 heterocycles. The molecule has 1 N–H and O–H groups in total. The molecule has 1 aliphatic carbocycles. The minimum Gasteiger partial charge on any atom is -0.278 e. The van der Waals surface area contributed by atoms with Gasteiger partial charge in [0, 0.05) is 0 Å². The summed E-state index contributed by atoms with van der Waals surface area (Å²) in [5.41, 5.74) is 0. The van der Waals surface area contributed by atoms with Crippen LogP contribution < -0.4 is 4.72 Å². The summed E-state index contributed by atoms with van der Waals surface area (Å²) in [5.74, 6) is 0. The molecular weight excluding hydrogens is 166 g/mol. The van der Waals surface area contributed by atoms with Gasteiger partial charge in [0.2, 0.25) is 16.4 Å². The summed E-state index contributed by atoms with van der Waals surface area (Å²) in [6, 6.07) is 0. The summed E-state index contributed by atoms with van der Waals surface area (Å²) >= 11 is 0. The fraction of sp³-hybridized carbons (Fsp3) is 0.833. The third-order valence-corrected chi connectivity index (χ3v) is 3.73. The van der Waals surface area contributed by atoms with Crippen molar-refractivity contribution in [2.24, 2.45) is 0 Å². The molecule has 1 fully saturated rings. The van der Waals surface area contributed by atoms with E-state index in [1.807, 2.05) is 4.72 Å². The van der Waals surface area contributed by atoms with Crippen molar-refractivity contribution < 1.29 is 13.2 Å². The molecule has 1 saturated carbocycles. The average Bonchev–Trinajstić information content (AvgIpc) is 2.37. The molecule has 0 unspecified atom stereocenters. The van der Waals surface area contributed by atoms with E-state index in [9.17, 15) is 13.2 Å². The second-order valence-electron chi connectivity index (χ2n) is 2.69. The quantitative estimate of drug-likeness (QED) is 0.617. The Kier molecular flexibility index (Phi) is 2.49. The van der Waals surface area contributed by atoms with Crippen molar-refractivity contribution in [2.45, 2.75) is 30.9 Å². The largest absolute Gasteiger partial charge is 0.278 e. The number of nitrogens with one attached hydrogen (secondary N) is 1. The maximum absolute atomic E-state index is 11.1. The molecule has 0 radical (unpaired) electrons. The average molecular weight is 177 g/mol. The first kappa shape index (κ1) is 8.52. The number of carbonyl (C=O) groups excluding carboxylic acids is 1. The molecule has 0 aromatic heterocycles. The van der Waals surface area contributed by atoms with Crippen LogP contribution in [0.3, 0.4) is 0 Å². The van der Waals surface area contributed by atoms with Gasteiger partial charge < -0.3 is 0 Å². The third-order valence-electron chi connectivity index (χ3n) is 1.95. The van der Waals surface area contributed by atoms with E-state index in [0.29, 0.717) is 12.8 Å². The van der Waals surface area contributed by atoms with Crippen molar-refractivity contribution in [1.82, 2.24) is 4.72 Å². The lowest BCUT2D eigenvalue weighted by Gasteiger charge is -2.07. The van der Waals surface area contributed by atoms with Crippen LogP contribution in [-0.4, -0.2) is 20.1 Å². The molecule has 0 aromatic carbocycles. The van der Waals surface area contributed by atoms with E-state index in [2.05, 4.69) is 0 Å². The lowest BCUT2D eigenvalue weighted by molar-refractivity contribution is -0.108. The Morgan fingerprint density at radius 1 is 1.27 bits per heavy atom. The maximum Gasteiger partial charge on any atom is 0.237 e. The van der Waals surface area contributed by atoms with Crippen molar-refractivity contribution in [3.63, 3.8) is 0 Å². The van der Waals surface area contributed by atoms with Gasteiger partial charge in [-0.25, -0.2) is 8.42 Å². The standard InChI is InChI=1S/C6H11NO3S/c8-5-7-11(9,10)6-3-1-2-4-6/h5-6H,1-4H2,(H,7,8). The Balaban J connectivity index is 2.63. The van der Waals surface area contributed by atoms with Gasteiger partial charge in [0.1, 0.15) is 0 Å². The molecule has 0 aliphatic heterocycles. The molecule has 0 saturated heterocycles. The van der Waals surface area contributed by atoms with E-state index in [-0.39, 0.29) is 11.7 Å². The number of amides is 1. The predicted octanol–water partition coefficient (Wildman–Crippen LogP) is 0.00480. The second kappa shape index (κ2) is 3.21.